The topological polar surface area (TPSA) is 78.6 Å². The Balaban J connectivity index is 3.89. The van der Waals surface area contributed by atoms with Crippen molar-refractivity contribution in [2.45, 2.75) is 26.7 Å². The van der Waals surface area contributed by atoms with E-state index >= 15 is 0 Å². The number of carbonyl (C=O) groups excluding carboxylic acids is 2. The Bertz CT molecular complexity index is 167. The van der Waals surface area contributed by atoms with Crippen LogP contribution in [-0.2, 0) is 18.4 Å². The molecule has 0 aromatic heterocycles. The van der Waals surface area contributed by atoms with Gasteiger partial charge in [0.2, 0.25) is 0 Å². The molecule has 13 heavy (non-hydrogen) atoms. The van der Waals surface area contributed by atoms with E-state index in [4.69, 9.17) is 14.6 Å². The highest BCUT2D eigenvalue weighted by atomic mass is 28.3. The van der Waals surface area contributed by atoms with Gasteiger partial charge < -0.3 is 14.6 Å². The third-order valence-electron chi connectivity index (χ3n) is 1.30. The molecule has 0 atom stereocenters. The van der Waals surface area contributed by atoms with Crippen LogP contribution in [0.5, 0.6) is 0 Å². The molecule has 0 fully saturated rings. The molecule has 0 aromatic carbocycles. The van der Waals surface area contributed by atoms with E-state index < -0.39 is 9.28 Å². The highest BCUT2D eigenvalue weighted by Gasteiger charge is 2.19. The van der Waals surface area contributed by atoms with Crippen LogP contribution in [0, 0.1) is 0 Å². The molecule has 0 aliphatic rings. The largest absolute Gasteiger partial charge is 0.486 e. The summed E-state index contributed by atoms with van der Waals surface area (Å²) in [6, 6.07) is 0. The van der Waals surface area contributed by atoms with Gasteiger partial charge in [0.25, 0.3) is 11.9 Å². The van der Waals surface area contributed by atoms with Crippen LogP contribution >= 0.6 is 0 Å². The monoisotopic (exact) mass is 205 g/mol. The molecular weight excluding hydrogens is 190 g/mol. The fraction of sp³-hybridized carbons (Fsp3) is 0.714. The summed E-state index contributed by atoms with van der Waals surface area (Å²) in [6.45, 7) is 3.35. The molecule has 2 N–H and O–H groups in total. The third kappa shape index (κ3) is 5.37. The molecular formula is C7H15NO4Si. The Kier molecular flexibility index (Phi) is 6.16. The highest BCUT2D eigenvalue weighted by molar-refractivity contribution is 6.49. The molecule has 76 valence electrons. The zero-order chi connectivity index (χ0) is 10.3. The van der Waals surface area contributed by atoms with Gasteiger partial charge in [-0.3, -0.25) is 9.59 Å². The molecule has 0 aromatic rings. The fourth-order valence-electron chi connectivity index (χ4n) is 0.580. The minimum atomic E-state index is -2.29. The van der Waals surface area contributed by atoms with Gasteiger partial charge in [0.1, 0.15) is 0 Å². The van der Waals surface area contributed by atoms with Crippen LogP contribution in [0.1, 0.15) is 26.7 Å². The lowest BCUT2D eigenvalue weighted by Crippen LogP contribution is -2.36. The summed E-state index contributed by atoms with van der Waals surface area (Å²) < 4.78 is 9.71. The summed E-state index contributed by atoms with van der Waals surface area (Å²) in [5.41, 5.74) is 5.29. The van der Waals surface area contributed by atoms with Gasteiger partial charge in [0, 0.05) is 12.8 Å². The Labute approximate surface area is 79.0 Å². The first kappa shape index (κ1) is 12.1. The van der Waals surface area contributed by atoms with Crippen LogP contribution < -0.4 is 5.73 Å². The van der Waals surface area contributed by atoms with Crippen molar-refractivity contribution in [3.8, 4) is 0 Å². The van der Waals surface area contributed by atoms with E-state index in [9.17, 15) is 9.59 Å². The first-order valence-electron chi connectivity index (χ1n) is 4.23. The zero-order valence-electron chi connectivity index (χ0n) is 7.91. The number of carbonyl (C=O) groups is 2. The first-order valence-corrected chi connectivity index (χ1v) is 5.99. The predicted molar refractivity (Wildman–Crippen MR) is 49.0 cm³/mol. The summed E-state index contributed by atoms with van der Waals surface area (Å²) in [5, 5.41) is 0. The highest BCUT2D eigenvalue weighted by Crippen LogP contribution is 1.94. The Morgan fingerprint density at radius 2 is 1.54 bits per heavy atom. The maximum absolute atomic E-state index is 10.8. The SMILES string of the molecule is CCC(=O)O[SiH](CN)OC(=O)CC. The first-order chi connectivity index (χ1) is 6.13. The molecule has 6 heteroatoms. The van der Waals surface area contributed by atoms with Crippen molar-refractivity contribution < 1.29 is 18.4 Å². The average molecular weight is 205 g/mol. The molecule has 0 aliphatic carbocycles. The number of hydrogen-bond acceptors (Lipinski definition) is 5. The fourth-order valence-corrected chi connectivity index (χ4v) is 1.74. The second-order valence-corrected chi connectivity index (χ2v) is 4.15. The van der Waals surface area contributed by atoms with Gasteiger partial charge in [0.05, 0.1) is 6.17 Å². The molecule has 0 saturated heterocycles. The van der Waals surface area contributed by atoms with Crippen LogP contribution in [0.4, 0.5) is 0 Å². The van der Waals surface area contributed by atoms with E-state index in [1.807, 2.05) is 0 Å². The lowest BCUT2D eigenvalue weighted by molar-refractivity contribution is -0.139. The molecule has 0 aliphatic heterocycles. The third-order valence-corrected chi connectivity index (χ3v) is 2.73. The Morgan fingerprint density at radius 3 is 1.77 bits per heavy atom. The summed E-state index contributed by atoms with van der Waals surface area (Å²) in [5.74, 6) is -0.739. The molecule has 0 heterocycles. The molecule has 0 bridgehead atoms. The molecule has 0 unspecified atom stereocenters. The van der Waals surface area contributed by atoms with E-state index in [1.54, 1.807) is 13.8 Å². The van der Waals surface area contributed by atoms with Gasteiger partial charge in [0.15, 0.2) is 0 Å². The molecule has 0 radical (unpaired) electrons. The summed E-state index contributed by atoms with van der Waals surface area (Å²) in [4.78, 5) is 21.6. The smallest absolute Gasteiger partial charge is 0.462 e. The van der Waals surface area contributed by atoms with Crippen molar-refractivity contribution in [3.05, 3.63) is 0 Å². The molecule has 0 rings (SSSR count). The minimum Gasteiger partial charge on any atom is -0.486 e. The van der Waals surface area contributed by atoms with Gasteiger partial charge in [-0.05, 0) is 0 Å². The molecule has 0 saturated carbocycles. The van der Waals surface area contributed by atoms with Crippen molar-refractivity contribution in [1.82, 2.24) is 0 Å². The normalized spacial score (nSPS) is 9.85. The Hall–Kier alpha value is -0.883. The van der Waals surface area contributed by atoms with E-state index in [-0.39, 0.29) is 30.9 Å². The summed E-state index contributed by atoms with van der Waals surface area (Å²) in [6.07, 6.45) is 0.665. The van der Waals surface area contributed by atoms with Crippen LogP contribution in [0.2, 0.25) is 0 Å². The number of nitrogens with two attached hydrogens (primary N) is 1. The van der Waals surface area contributed by atoms with Gasteiger partial charge in [-0.2, -0.15) is 0 Å². The lowest BCUT2D eigenvalue weighted by atomic mass is 10.5. The minimum absolute atomic E-state index is 0.123. The van der Waals surface area contributed by atoms with Crippen molar-refractivity contribution in [2.24, 2.45) is 5.73 Å². The Morgan fingerprint density at radius 1 is 1.15 bits per heavy atom. The van der Waals surface area contributed by atoms with Crippen molar-refractivity contribution in [1.29, 1.82) is 0 Å². The lowest BCUT2D eigenvalue weighted by Gasteiger charge is -2.13. The standard InChI is InChI=1S/C7H15NO4Si/c1-3-6(9)11-13(5-8)12-7(10)4-2/h13H,3-5,8H2,1-2H3. The number of hydrogen-bond donors (Lipinski definition) is 1. The van der Waals surface area contributed by atoms with E-state index in [2.05, 4.69) is 0 Å². The molecule has 0 amide bonds. The van der Waals surface area contributed by atoms with Gasteiger partial charge in [-0.1, -0.05) is 13.8 Å². The molecule has 5 nitrogen and oxygen atoms in total. The van der Waals surface area contributed by atoms with E-state index in [0.717, 1.165) is 0 Å². The van der Waals surface area contributed by atoms with Crippen molar-refractivity contribution in [2.75, 3.05) is 6.17 Å². The zero-order valence-corrected chi connectivity index (χ0v) is 9.06. The maximum atomic E-state index is 10.8. The summed E-state index contributed by atoms with van der Waals surface area (Å²) in [7, 11) is -2.29. The van der Waals surface area contributed by atoms with Crippen molar-refractivity contribution >= 4 is 21.2 Å². The average Bonchev–Trinajstić information content (AvgIpc) is 2.16. The van der Waals surface area contributed by atoms with Gasteiger partial charge in [-0.25, -0.2) is 0 Å². The quantitative estimate of drug-likeness (QED) is 0.618. The van der Waals surface area contributed by atoms with Crippen LogP contribution in [0.15, 0.2) is 0 Å². The maximum Gasteiger partial charge on any atom is 0.462 e. The van der Waals surface area contributed by atoms with Crippen LogP contribution in [0.3, 0.4) is 0 Å². The van der Waals surface area contributed by atoms with E-state index in [0.29, 0.717) is 0 Å². The second kappa shape index (κ2) is 6.61. The van der Waals surface area contributed by atoms with Crippen LogP contribution in [-0.4, -0.2) is 27.4 Å². The van der Waals surface area contributed by atoms with Gasteiger partial charge in [-0.15, -0.1) is 0 Å². The van der Waals surface area contributed by atoms with E-state index in [1.165, 1.54) is 0 Å². The van der Waals surface area contributed by atoms with Crippen LogP contribution in [0.25, 0.3) is 0 Å². The molecule has 0 spiro atoms. The summed E-state index contributed by atoms with van der Waals surface area (Å²) >= 11 is 0. The second-order valence-electron chi connectivity index (χ2n) is 2.35. The number of rotatable bonds is 5. The predicted octanol–water partition coefficient (Wildman–Crippen LogP) is -0.389. The van der Waals surface area contributed by atoms with Crippen molar-refractivity contribution in [3.63, 3.8) is 0 Å². The van der Waals surface area contributed by atoms with Gasteiger partial charge >= 0.3 is 9.28 Å².